The summed E-state index contributed by atoms with van der Waals surface area (Å²) in [6, 6.07) is -0.00601. The standard InChI is InChI=1S/C30H55NO2/c1-4-6-8-9-10-11-12-13-14-15-16-17-18-19-20-21-22-23-27(3)28(24-7-5-2)31-29(32)25-26-30(31)33/h23,28H,4-22,24-26H2,1-3H3. The zero-order valence-corrected chi connectivity index (χ0v) is 22.5. The second kappa shape index (κ2) is 20.3. The van der Waals surface area contributed by atoms with E-state index in [0.717, 1.165) is 25.7 Å². The monoisotopic (exact) mass is 461 g/mol. The Kier molecular flexibility index (Phi) is 18.4. The summed E-state index contributed by atoms with van der Waals surface area (Å²) in [6.45, 7) is 6.57. The summed E-state index contributed by atoms with van der Waals surface area (Å²) in [6.07, 6.45) is 29.5. The first kappa shape index (κ1) is 29.9. The number of hydrogen-bond acceptors (Lipinski definition) is 2. The molecule has 0 aromatic rings. The lowest BCUT2D eigenvalue weighted by Gasteiger charge is -2.27. The number of nitrogens with zero attached hydrogens (tertiary/aromatic N) is 1. The first-order valence-electron chi connectivity index (χ1n) is 14.6. The van der Waals surface area contributed by atoms with Gasteiger partial charge in [0.1, 0.15) is 0 Å². The lowest BCUT2D eigenvalue weighted by molar-refractivity contribution is -0.140. The Morgan fingerprint density at radius 3 is 1.48 bits per heavy atom. The number of carbonyl (C=O) groups is 2. The first-order valence-corrected chi connectivity index (χ1v) is 14.6. The highest BCUT2D eigenvalue weighted by atomic mass is 16.2. The lowest BCUT2D eigenvalue weighted by atomic mass is 9.98. The van der Waals surface area contributed by atoms with Crippen molar-refractivity contribution in [1.29, 1.82) is 0 Å². The van der Waals surface area contributed by atoms with Crippen molar-refractivity contribution in [3.63, 3.8) is 0 Å². The Balaban J connectivity index is 2.03. The molecule has 0 aromatic heterocycles. The number of imide groups is 1. The van der Waals surface area contributed by atoms with Gasteiger partial charge in [0.2, 0.25) is 11.8 Å². The molecule has 1 rings (SSSR count). The Labute approximate surface area is 206 Å². The van der Waals surface area contributed by atoms with Gasteiger partial charge in [0.25, 0.3) is 0 Å². The summed E-state index contributed by atoms with van der Waals surface area (Å²) >= 11 is 0. The first-order chi connectivity index (χ1) is 16.1. The van der Waals surface area contributed by atoms with Gasteiger partial charge in [-0.25, -0.2) is 0 Å². The molecule has 0 aliphatic carbocycles. The zero-order chi connectivity index (χ0) is 24.2. The number of carbonyl (C=O) groups excluding carboxylic acids is 2. The summed E-state index contributed by atoms with van der Waals surface area (Å²) in [7, 11) is 0. The molecule has 1 heterocycles. The normalized spacial score (nSPS) is 15.6. The molecular formula is C30H55NO2. The van der Waals surface area contributed by atoms with Crippen LogP contribution in [0, 0.1) is 0 Å². The third kappa shape index (κ3) is 14.0. The average molecular weight is 462 g/mol. The van der Waals surface area contributed by atoms with E-state index in [1.54, 1.807) is 4.90 Å². The van der Waals surface area contributed by atoms with Crippen molar-refractivity contribution in [3.05, 3.63) is 11.6 Å². The van der Waals surface area contributed by atoms with Crippen LogP contribution in [-0.4, -0.2) is 22.8 Å². The SMILES string of the molecule is CCCCCCCCCCCCCCCCCCC=C(C)C(CCCC)N1C(=O)CCC1=O. The molecule has 1 saturated heterocycles. The highest BCUT2D eigenvalue weighted by Gasteiger charge is 2.35. The van der Waals surface area contributed by atoms with E-state index in [2.05, 4.69) is 26.8 Å². The molecule has 192 valence electrons. The van der Waals surface area contributed by atoms with Crippen LogP contribution in [0.25, 0.3) is 0 Å². The van der Waals surface area contributed by atoms with Crippen molar-refractivity contribution in [3.8, 4) is 0 Å². The van der Waals surface area contributed by atoms with Gasteiger partial charge in [-0.3, -0.25) is 14.5 Å². The molecule has 1 fully saturated rings. The number of likely N-dealkylation sites (tertiary alicyclic amines) is 1. The number of amides is 2. The predicted octanol–water partition coefficient (Wildman–Crippen LogP) is 9.29. The van der Waals surface area contributed by atoms with Crippen LogP contribution in [0.5, 0.6) is 0 Å². The molecule has 33 heavy (non-hydrogen) atoms. The summed E-state index contributed by atoms with van der Waals surface area (Å²) in [5, 5.41) is 0. The fraction of sp³-hybridized carbons (Fsp3) is 0.867. The van der Waals surface area contributed by atoms with E-state index in [4.69, 9.17) is 0 Å². The molecule has 1 aliphatic rings. The summed E-state index contributed by atoms with van der Waals surface area (Å²) in [5.41, 5.74) is 1.22. The summed E-state index contributed by atoms with van der Waals surface area (Å²) < 4.78 is 0. The quantitative estimate of drug-likeness (QED) is 0.0914. The van der Waals surface area contributed by atoms with Gasteiger partial charge in [0.05, 0.1) is 6.04 Å². The number of rotatable bonds is 22. The van der Waals surface area contributed by atoms with Gasteiger partial charge in [-0.15, -0.1) is 0 Å². The Bertz CT molecular complexity index is 523. The highest BCUT2D eigenvalue weighted by Crippen LogP contribution is 2.25. The Hall–Kier alpha value is -1.12. The van der Waals surface area contributed by atoms with Gasteiger partial charge in [0.15, 0.2) is 0 Å². The van der Waals surface area contributed by atoms with E-state index in [9.17, 15) is 9.59 Å². The molecule has 0 bridgehead atoms. The smallest absolute Gasteiger partial charge is 0.230 e. The molecule has 0 radical (unpaired) electrons. The second-order valence-corrected chi connectivity index (χ2v) is 10.4. The third-order valence-electron chi connectivity index (χ3n) is 7.28. The van der Waals surface area contributed by atoms with E-state index in [1.807, 2.05) is 0 Å². The van der Waals surface area contributed by atoms with Crippen LogP contribution in [0.2, 0.25) is 0 Å². The van der Waals surface area contributed by atoms with Gasteiger partial charge >= 0.3 is 0 Å². The summed E-state index contributed by atoms with van der Waals surface area (Å²) in [5.74, 6) is 0.0486. The van der Waals surface area contributed by atoms with E-state index < -0.39 is 0 Å². The number of hydrogen-bond donors (Lipinski definition) is 0. The number of unbranched alkanes of at least 4 members (excludes halogenated alkanes) is 17. The van der Waals surface area contributed by atoms with Crippen LogP contribution in [0.3, 0.4) is 0 Å². The van der Waals surface area contributed by atoms with E-state index in [0.29, 0.717) is 12.8 Å². The zero-order valence-electron chi connectivity index (χ0n) is 22.5. The molecule has 2 amide bonds. The third-order valence-corrected chi connectivity index (χ3v) is 7.28. The molecule has 3 nitrogen and oxygen atoms in total. The predicted molar refractivity (Wildman–Crippen MR) is 142 cm³/mol. The van der Waals surface area contributed by atoms with Crippen LogP contribution in [0.15, 0.2) is 11.6 Å². The molecule has 0 saturated carbocycles. The van der Waals surface area contributed by atoms with Gasteiger partial charge in [-0.2, -0.15) is 0 Å². The second-order valence-electron chi connectivity index (χ2n) is 10.4. The minimum absolute atomic E-state index is 0.00601. The van der Waals surface area contributed by atoms with Crippen molar-refractivity contribution in [2.45, 2.75) is 168 Å². The minimum Gasteiger partial charge on any atom is -0.275 e. The average Bonchev–Trinajstić information content (AvgIpc) is 3.14. The van der Waals surface area contributed by atoms with Gasteiger partial charge in [0, 0.05) is 12.8 Å². The van der Waals surface area contributed by atoms with Gasteiger partial charge < -0.3 is 0 Å². The van der Waals surface area contributed by atoms with Gasteiger partial charge in [-0.05, 0) is 26.2 Å². The molecule has 0 aromatic carbocycles. The highest BCUT2D eigenvalue weighted by molar-refractivity contribution is 6.02. The number of allylic oxidation sites excluding steroid dienone is 1. The molecule has 0 spiro atoms. The maximum atomic E-state index is 12.2. The Morgan fingerprint density at radius 1 is 0.667 bits per heavy atom. The largest absolute Gasteiger partial charge is 0.275 e. The summed E-state index contributed by atoms with van der Waals surface area (Å²) in [4.78, 5) is 26.0. The molecular weight excluding hydrogens is 406 g/mol. The fourth-order valence-electron chi connectivity index (χ4n) is 5.06. The molecule has 3 heteroatoms. The van der Waals surface area contributed by atoms with Crippen molar-refractivity contribution in [2.75, 3.05) is 0 Å². The maximum Gasteiger partial charge on any atom is 0.230 e. The molecule has 1 atom stereocenters. The van der Waals surface area contributed by atoms with Crippen LogP contribution in [0.4, 0.5) is 0 Å². The Morgan fingerprint density at radius 2 is 1.06 bits per heavy atom. The van der Waals surface area contributed by atoms with Crippen LogP contribution >= 0.6 is 0 Å². The van der Waals surface area contributed by atoms with Gasteiger partial charge in [-0.1, -0.05) is 135 Å². The minimum atomic E-state index is -0.00601. The van der Waals surface area contributed by atoms with Crippen molar-refractivity contribution < 1.29 is 9.59 Å². The van der Waals surface area contributed by atoms with Crippen LogP contribution < -0.4 is 0 Å². The van der Waals surface area contributed by atoms with E-state index >= 15 is 0 Å². The molecule has 1 unspecified atom stereocenters. The van der Waals surface area contributed by atoms with Crippen molar-refractivity contribution >= 4 is 11.8 Å². The van der Waals surface area contributed by atoms with Crippen LogP contribution in [0.1, 0.15) is 162 Å². The van der Waals surface area contributed by atoms with E-state index in [1.165, 1.54) is 108 Å². The topological polar surface area (TPSA) is 37.4 Å². The lowest BCUT2D eigenvalue weighted by Crippen LogP contribution is -2.40. The molecule has 1 aliphatic heterocycles. The maximum absolute atomic E-state index is 12.2. The van der Waals surface area contributed by atoms with E-state index in [-0.39, 0.29) is 17.9 Å². The fourth-order valence-corrected chi connectivity index (χ4v) is 5.06. The van der Waals surface area contributed by atoms with Crippen molar-refractivity contribution in [1.82, 2.24) is 4.90 Å². The molecule has 0 N–H and O–H groups in total. The van der Waals surface area contributed by atoms with Crippen LogP contribution in [-0.2, 0) is 9.59 Å². The van der Waals surface area contributed by atoms with Crippen molar-refractivity contribution in [2.24, 2.45) is 0 Å².